The maximum atomic E-state index is 5.14. The van der Waals surface area contributed by atoms with Gasteiger partial charge in [0.1, 0.15) is 11.6 Å². The monoisotopic (exact) mass is 254 g/mol. The largest absolute Gasteiger partial charge is 0.497 e. The summed E-state index contributed by atoms with van der Waals surface area (Å²) in [4.78, 5) is 4.22. The number of rotatable bonds is 4. The zero-order valence-corrected chi connectivity index (χ0v) is 10.6. The molecule has 0 amide bonds. The molecule has 2 aromatic heterocycles. The van der Waals surface area contributed by atoms with Gasteiger partial charge < -0.3 is 10.1 Å². The molecule has 5 nitrogen and oxygen atoms in total. The van der Waals surface area contributed by atoms with E-state index in [4.69, 9.17) is 4.74 Å². The fourth-order valence-corrected chi connectivity index (χ4v) is 1.90. The van der Waals surface area contributed by atoms with Gasteiger partial charge in [0.25, 0.3) is 0 Å². The summed E-state index contributed by atoms with van der Waals surface area (Å²) < 4.78 is 6.92. The van der Waals surface area contributed by atoms with Gasteiger partial charge >= 0.3 is 0 Å². The van der Waals surface area contributed by atoms with E-state index in [-0.39, 0.29) is 0 Å². The Morgan fingerprint density at radius 2 is 1.95 bits per heavy atom. The molecule has 0 aliphatic heterocycles. The second kappa shape index (κ2) is 4.97. The molecule has 5 heteroatoms. The minimum atomic E-state index is 0.725. The van der Waals surface area contributed by atoms with Crippen molar-refractivity contribution in [1.29, 1.82) is 0 Å². The topological polar surface area (TPSA) is 51.5 Å². The molecule has 0 aliphatic rings. The SMILES string of the molecule is COc1ccc(CNc2ccnc3ccnn23)cc1. The van der Waals surface area contributed by atoms with Crippen molar-refractivity contribution in [2.24, 2.45) is 0 Å². The predicted molar refractivity (Wildman–Crippen MR) is 73.3 cm³/mol. The van der Waals surface area contributed by atoms with Crippen LogP contribution in [0, 0.1) is 0 Å². The molecule has 0 aliphatic carbocycles. The van der Waals surface area contributed by atoms with Crippen LogP contribution in [0.25, 0.3) is 5.65 Å². The van der Waals surface area contributed by atoms with Gasteiger partial charge in [-0.2, -0.15) is 9.61 Å². The molecule has 0 fully saturated rings. The first-order valence-electron chi connectivity index (χ1n) is 6.02. The Labute approximate surface area is 110 Å². The van der Waals surface area contributed by atoms with Crippen LogP contribution in [0.5, 0.6) is 5.75 Å². The van der Waals surface area contributed by atoms with E-state index in [0.717, 1.165) is 23.8 Å². The van der Waals surface area contributed by atoms with Crippen LogP contribution in [0.15, 0.2) is 48.8 Å². The van der Waals surface area contributed by atoms with Gasteiger partial charge in [0, 0.05) is 18.8 Å². The van der Waals surface area contributed by atoms with E-state index in [0.29, 0.717) is 0 Å². The summed E-state index contributed by atoms with van der Waals surface area (Å²) in [6.07, 6.45) is 3.51. The first-order valence-corrected chi connectivity index (χ1v) is 6.02. The number of hydrogen-bond donors (Lipinski definition) is 1. The Hall–Kier alpha value is -2.56. The standard InChI is InChI=1S/C14H14N4O/c1-19-12-4-2-11(3-5-12)10-16-14-6-8-15-13-7-9-17-18(13)14/h2-9,16H,10H2,1H3. The highest BCUT2D eigenvalue weighted by molar-refractivity contribution is 5.47. The summed E-state index contributed by atoms with van der Waals surface area (Å²) in [5.74, 6) is 1.79. The lowest BCUT2D eigenvalue weighted by Crippen LogP contribution is -2.05. The summed E-state index contributed by atoms with van der Waals surface area (Å²) in [6.45, 7) is 0.725. The highest BCUT2D eigenvalue weighted by Crippen LogP contribution is 2.13. The smallest absolute Gasteiger partial charge is 0.157 e. The number of hydrogen-bond acceptors (Lipinski definition) is 4. The molecule has 19 heavy (non-hydrogen) atoms. The highest BCUT2D eigenvalue weighted by atomic mass is 16.5. The van der Waals surface area contributed by atoms with Gasteiger partial charge in [-0.3, -0.25) is 0 Å². The number of aromatic nitrogens is 3. The maximum Gasteiger partial charge on any atom is 0.157 e. The molecule has 96 valence electrons. The second-order valence-corrected chi connectivity index (χ2v) is 4.13. The first-order chi connectivity index (χ1) is 9.36. The lowest BCUT2D eigenvalue weighted by Gasteiger charge is -2.08. The Kier molecular flexibility index (Phi) is 3.02. The van der Waals surface area contributed by atoms with E-state index in [1.807, 2.05) is 36.4 Å². The molecule has 0 unspecified atom stereocenters. The van der Waals surface area contributed by atoms with Gasteiger partial charge in [-0.1, -0.05) is 12.1 Å². The Morgan fingerprint density at radius 1 is 1.11 bits per heavy atom. The molecule has 2 heterocycles. The number of benzene rings is 1. The third-order valence-electron chi connectivity index (χ3n) is 2.92. The van der Waals surface area contributed by atoms with Crippen LogP contribution in [0.1, 0.15) is 5.56 Å². The van der Waals surface area contributed by atoms with Crippen LogP contribution in [0.4, 0.5) is 5.82 Å². The van der Waals surface area contributed by atoms with Crippen molar-refractivity contribution >= 4 is 11.5 Å². The van der Waals surface area contributed by atoms with E-state index in [1.54, 1.807) is 24.0 Å². The minimum absolute atomic E-state index is 0.725. The summed E-state index contributed by atoms with van der Waals surface area (Å²) in [5.41, 5.74) is 2.01. The van der Waals surface area contributed by atoms with Gasteiger partial charge in [-0.25, -0.2) is 4.98 Å². The highest BCUT2D eigenvalue weighted by Gasteiger charge is 2.01. The van der Waals surface area contributed by atoms with Crippen LogP contribution in [0.2, 0.25) is 0 Å². The maximum absolute atomic E-state index is 5.14. The Balaban J connectivity index is 1.76. The van der Waals surface area contributed by atoms with E-state index >= 15 is 0 Å². The summed E-state index contributed by atoms with van der Waals surface area (Å²) >= 11 is 0. The van der Waals surface area contributed by atoms with Crippen molar-refractivity contribution in [2.75, 3.05) is 12.4 Å². The van der Waals surface area contributed by atoms with E-state index < -0.39 is 0 Å². The number of methoxy groups -OCH3 is 1. The van der Waals surface area contributed by atoms with Crippen molar-refractivity contribution in [3.8, 4) is 5.75 Å². The average Bonchev–Trinajstić information content (AvgIpc) is 2.94. The Bertz CT molecular complexity index is 675. The average molecular weight is 254 g/mol. The summed E-state index contributed by atoms with van der Waals surface area (Å²) in [5, 5.41) is 7.58. The van der Waals surface area contributed by atoms with Crippen molar-refractivity contribution in [2.45, 2.75) is 6.54 Å². The zero-order chi connectivity index (χ0) is 13.1. The molecular formula is C14H14N4O. The van der Waals surface area contributed by atoms with E-state index in [2.05, 4.69) is 15.4 Å². The third-order valence-corrected chi connectivity index (χ3v) is 2.92. The zero-order valence-electron chi connectivity index (χ0n) is 10.6. The first kappa shape index (κ1) is 11.5. The molecule has 0 atom stereocenters. The fourth-order valence-electron chi connectivity index (χ4n) is 1.90. The molecular weight excluding hydrogens is 240 g/mol. The molecule has 3 rings (SSSR count). The molecule has 3 aromatic rings. The molecule has 0 spiro atoms. The van der Waals surface area contributed by atoms with Gasteiger partial charge in [-0.15, -0.1) is 0 Å². The van der Waals surface area contributed by atoms with E-state index in [1.165, 1.54) is 5.56 Å². The molecule has 0 bridgehead atoms. The van der Waals surface area contributed by atoms with Crippen LogP contribution in [-0.2, 0) is 6.54 Å². The minimum Gasteiger partial charge on any atom is -0.497 e. The van der Waals surface area contributed by atoms with Crippen molar-refractivity contribution in [1.82, 2.24) is 14.6 Å². The fraction of sp³-hybridized carbons (Fsp3) is 0.143. The van der Waals surface area contributed by atoms with Gasteiger partial charge in [-0.05, 0) is 23.8 Å². The molecule has 0 saturated carbocycles. The van der Waals surface area contributed by atoms with E-state index in [9.17, 15) is 0 Å². The van der Waals surface area contributed by atoms with Crippen LogP contribution in [-0.4, -0.2) is 21.7 Å². The quantitative estimate of drug-likeness (QED) is 0.776. The van der Waals surface area contributed by atoms with Gasteiger partial charge in [0.15, 0.2) is 5.65 Å². The Morgan fingerprint density at radius 3 is 2.74 bits per heavy atom. The van der Waals surface area contributed by atoms with Crippen molar-refractivity contribution < 1.29 is 4.74 Å². The number of nitrogens with one attached hydrogen (secondary N) is 1. The molecule has 1 aromatic carbocycles. The third kappa shape index (κ3) is 2.35. The molecule has 0 saturated heterocycles. The lowest BCUT2D eigenvalue weighted by atomic mass is 10.2. The number of fused-ring (bicyclic) bond motifs is 1. The van der Waals surface area contributed by atoms with Crippen LogP contribution < -0.4 is 10.1 Å². The summed E-state index contributed by atoms with van der Waals surface area (Å²) in [6, 6.07) is 11.8. The van der Waals surface area contributed by atoms with Crippen LogP contribution in [0.3, 0.4) is 0 Å². The lowest BCUT2D eigenvalue weighted by molar-refractivity contribution is 0.414. The van der Waals surface area contributed by atoms with Crippen LogP contribution >= 0.6 is 0 Å². The summed E-state index contributed by atoms with van der Waals surface area (Å²) in [7, 11) is 1.67. The number of nitrogens with zero attached hydrogens (tertiary/aromatic N) is 3. The number of anilines is 1. The van der Waals surface area contributed by atoms with Crippen molar-refractivity contribution in [3.05, 3.63) is 54.4 Å². The molecule has 0 radical (unpaired) electrons. The number of ether oxygens (including phenoxy) is 1. The van der Waals surface area contributed by atoms with Gasteiger partial charge in [0.2, 0.25) is 0 Å². The van der Waals surface area contributed by atoms with Crippen molar-refractivity contribution in [3.63, 3.8) is 0 Å². The second-order valence-electron chi connectivity index (χ2n) is 4.13. The normalized spacial score (nSPS) is 10.6. The van der Waals surface area contributed by atoms with Gasteiger partial charge in [0.05, 0.1) is 13.3 Å². The predicted octanol–water partition coefficient (Wildman–Crippen LogP) is 2.35. The molecule has 1 N–H and O–H groups in total.